The second kappa shape index (κ2) is 4.85. The summed E-state index contributed by atoms with van der Waals surface area (Å²) in [5, 5.41) is 5.44. The molecule has 0 saturated heterocycles. The Hall–Kier alpha value is -0.390. The first-order valence-electron chi connectivity index (χ1n) is 5.51. The van der Waals surface area contributed by atoms with Crippen LogP contribution in [0.15, 0.2) is 17.5 Å². The van der Waals surface area contributed by atoms with Crippen molar-refractivity contribution >= 4 is 21.2 Å². The molecule has 90 valence electrons. The summed E-state index contributed by atoms with van der Waals surface area (Å²) in [4.78, 5) is 1.33. The molecular formula is C11H17NO2S2. The molecule has 1 N–H and O–H groups in total. The van der Waals surface area contributed by atoms with E-state index in [9.17, 15) is 8.42 Å². The van der Waals surface area contributed by atoms with Crippen molar-refractivity contribution in [1.29, 1.82) is 0 Å². The number of thiophene rings is 1. The molecule has 1 atom stereocenters. The second-order valence-electron chi connectivity index (χ2n) is 4.41. The Kier molecular flexibility index (Phi) is 3.66. The fourth-order valence-electron chi connectivity index (χ4n) is 1.80. The van der Waals surface area contributed by atoms with Gasteiger partial charge < -0.3 is 5.32 Å². The van der Waals surface area contributed by atoms with Gasteiger partial charge in [0.1, 0.15) is 9.84 Å². The van der Waals surface area contributed by atoms with Crippen molar-refractivity contribution in [2.45, 2.75) is 18.9 Å². The molecule has 1 aliphatic rings. The predicted molar refractivity (Wildman–Crippen MR) is 67.5 cm³/mol. The van der Waals surface area contributed by atoms with Crippen LogP contribution in [0.1, 0.15) is 23.8 Å². The Morgan fingerprint density at radius 3 is 2.81 bits per heavy atom. The van der Waals surface area contributed by atoms with Crippen molar-refractivity contribution in [1.82, 2.24) is 5.32 Å². The lowest BCUT2D eigenvalue weighted by atomic mass is 10.1. The number of hydrogen-bond acceptors (Lipinski definition) is 4. The van der Waals surface area contributed by atoms with Crippen LogP contribution in [0, 0.1) is 5.92 Å². The van der Waals surface area contributed by atoms with E-state index in [0.29, 0.717) is 18.5 Å². The normalized spacial score (nSPS) is 18.6. The van der Waals surface area contributed by atoms with Crippen LogP contribution in [0.2, 0.25) is 0 Å². The molecule has 0 spiro atoms. The van der Waals surface area contributed by atoms with Crippen LogP contribution in [0.4, 0.5) is 0 Å². The van der Waals surface area contributed by atoms with E-state index < -0.39 is 9.84 Å². The molecular weight excluding hydrogens is 242 g/mol. The van der Waals surface area contributed by atoms with Gasteiger partial charge in [-0.25, -0.2) is 8.42 Å². The highest BCUT2D eigenvalue weighted by atomic mass is 32.2. The van der Waals surface area contributed by atoms with Crippen LogP contribution in [-0.2, 0) is 9.84 Å². The molecule has 16 heavy (non-hydrogen) atoms. The van der Waals surface area contributed by atoms with Gasteiger partial charge in [-0.05, 0) is 30.2 Å². The number of rotatable bonds is 6. The zero-order chi connectivity index (χ0) is 11.6. The quantitative estimate of drug-likeness (QED) is 0.848. The average Bonchev–Trinajstić information content (AvgIpc) is 2.87. The van der Waals surface area contributed by atoms with Gasteiger partial charge >= 0.3 is 0 Å². The van der Waals surface area contributed by atoms with E-state index >= 15 is 0 Å². The summed E-state index contributed by atoms with van der Waals surface area (Å²) in [7, 11) is -2.85. The van der Waals surface area contributed by atoms with Gasteiger partial charge in [0.2, 0.25) is 0 Å². The standard InChI is InChI=1S/C11H17NO2S2/c1-16(13,14)8-6-12-11(9-4-5-9)10-3-2-7-15-10/h2-3,7,9,11-12H,4-6,8H2,1H3. The van der Waals surface area contributed by atoms with E-state index in [1.807, 2.05) is 6.07 Å². The highest BCUT2D eigenvalue weighted by Gasteiger charge is 2.32. The molecule has 1 fully saturated rings. The highest BCUT2D eigenvalue weighted by molar-refractivity contribution is 7.90. The summed E-state index contributed by atoms with van der Waals surface area (Å²) in [6, 6.07) is 4.54. The Morgan fingerprint density at radius 1 is 1.56 bits per heavy atom. The largest absolute Gasteiger partial charge is 0.308 e. The van der Waals surface area contributed by atoms with Crippen molar-refractivity contribution in [3.8, 4) is 0 Å². The lowest BCUT2D eigenvalue weighted by Crippen LogP contribution is -2.27. The van der Waals surface area contributed by atoms with Crippen LogP contribution < -0.4 is 5.32 Å². The number of nitrogens with one attached hydrogen (secondary N) is 1. The summed E-state index contributed by atoms with van der Waals surface area (Å²) in [5.74, 6) is 0.930. The highest BCUT2D eigenvalue weighted by Crippen LogP contribution is 2.42. The molecule has 5 heteroatoms. The van der Waals surface area contributed by atoms with Crippen LogP contribution >= 0.6 is 11.3 Å². The van der Waals surface area contributed by atoms with E-state index in [-0.39, 0.29) is 5.75 Å². The van der Waals surface area contributed by atoms with Gasteiger partial charge in [-0.2, -0.15) is 0 Å². The molecule has 0 aliphatic heterocycles. The Balaban J connectivity index is 1.89. The summed E-state index contributed by atoms with van der Waals surface area (Å²) < 4.78 is 22.1. The molecule has 2 rings (SSSR count). The zero-order valence-corrected chi connectivity index (χ0v) is 11.0. The molecule has 1 aromatic heterocycles. The summed E-state index contributed by atoms with van der Waals surface area (Å²) in [5.41, 5.74) is 0. The second-order valence-corrected chi connectivity index (χ2v) is 7.65. The topological polar surface area (TPSA) is 46.2 Å². The molecule has 1 aliphatic carbocycles. The maximum atomic E-state index is 11.0. The van der Waals surface area contributed by atoms with Crippen LogP contribution in [0.3, 0.4) is 0 Å². The third kappa shape index (κ3) is 3.57. The Morgan fingerprint density at radius 2 is 2.31 bits per heavy atom. The summed E-state index contributed by atoms with van der Waals surface area (Å²) >= 11 is 1.75. The monoisotopic (exact) mass is 259 g/mol. The summed E-state index contributed by atoms with van der Waals surface area (Å²) in [6.45, 7) is 0.553. The zero-order valence-electron chi connectivity index (χ0n) is 9.35. The van der Waals surface area contributed by atoms with Gasteiger partial charge in [-0.1, -0.05) is 6.07 Å². The third-order valence-corrected chi connectivity index (χ3v) is 4.68. The first-order valence-corrected chi connectivity index (χ1v) is 8.45. The van der Waals surface area contributed by atoms with Crippen molar-refractivity contribution in [3.05, 3.63) is 22.4 Å². The van der Waals surface area contributed by atoms with E-state index in [1.54, 1.807) is 11.3 Å². The molecule has 3 nitrogen and oxygen atoms in total. The van der Waals surface area contributed by atoms with Gasteiger partial charge in [0, 0.05) is 23.7 Å². The van der Waals surface area contributed by atoms with E-state index in [0.717, 1.165) is 0 Å². The first-order chi connectivity index (χ1) is 7.56. The molecule has 1 aromatic rings. The average molecular weight is 259 g/mol. The maximum absolute atomic E-state index is 11.0. The van der Waals surface area contributed by atoms with Crippen molar-refractivity contribution < 1.29 is 8.42 Å². The minimum absolute atomic E-state index is 0.224. The SMILES string of the molecule is CS(=O)(=O)CCNC(c1cccs1)C1CC1. The molecule has 0 amide bonds. The fourth-order valence-corrected chi connectivity index (χ4v) is 3.18. The van der Waals surface area contributed by atoms with Crippen LogP contribution in [0.5, 0.6) is 0 Å². The van der Waals surface area contributed by atoms with Crippen molar-refractivity contribution in [2.24, 2.45) is 5.92 Å². The van der Waals surface area contributed by atoms with Crippen molar-refractivity contribution in [3.63, 3.8) is 0 Å². The lowest BCUT2D eigenvalue weighted by Gasteiger charge is -2.16. The lowest BCUT2D eigenvalue weighted by molar-refractivity contribution is 0.501. The molecule has 1 heterocycles. The van der Waals surface area contributed by atoms with E-state index in [4.69, 9.17) is 0 Å². The smallest absolute Gasteiger partial charge is 0.148 e. The van der Waals surface area contributed by atoms with Crippen molar-refractivity contribution in [2.75, 3.05) is 18.6 Å². The minimum Gasteiger partial charge on any atom is -0.308 e. The maximum Gasteiger partial charge on any atom is 0.148 e. The van der Waals surface area contributed by atoms with Gasteiger partial charge in [-0.15, -0.1) is 11.3 Å². The third-order valence-electron chi connectivity index (χ3n) is 2.78. The minimum atomic E-state index is -2.85. The van der Waals surface area contributed by atoms with E-state index in [1.165, 1.54) is 24.0 Å². The number of sulfone groups is 1. The molecule has 0 bridgehead atoms. The Labute approximate surface area is 101 Å². The Bertz CT molecular complexity index is 421. The van der Waals surface area contributed by atoms with Gasteiger partial charge in [0.05, 0.1) is 5.75 Å². The first kappa shape index (κ1) is 12.1. The summed E-state index contributed by atoms with van der Waals surface area (Å²) in [6.07, 6.45) is 3.80. The molecule has 0 aromatic carbocycles. The molecule has 0 radical (unpaired) electrons. The predicted octanol–water partition coefficient (Wildman–Crippen LogP) is 1.83. The van der Waals surface area contributed by atoms with E-state index in [2.05, 4.69) is 16.8 Å². The van der Waals surface area contributed by atoms with Gasteiger partial charge in [0.25, 0.3) is 0 Å². The van der Waals surface area contributed by atoms with Gasteiger partial charge in [0.15, 0.2) is 0 Å². The number of hydrogen-bond donors (Lipinski definition) is 1. The van der Waals surface area contributed by atoms with Gasteiger partial charge in [-0.3, -0.25) is 0 Å². The van der Waals surface area contributed by atoms with Crippen LogP contribution in [0.25, 0.3) is 0 Å². The molecule has 1 unspecified atom stereocenters. The van der Waals surface area contributed by atoms with Crippen LogP contribution in [-0.4, -0.2) is 27.0 Å². The fraction of sp³-hybridized carbons (Fsp3) is 0.636. The molecule has 1 saturated carbocycles.